The number of nitrogens with zero attached hydrogens (tertiary/aromatic N) is 2. The molecule has 0 radical (unpaired) electrons. The summed E-state index contributed by atoms with van der Waals surface area (Å²) >= 11 is 0. The summed E-state index contributed by atoms with van der Waals surface area (Å²) in [5, 5.41) is 3.55. The number of esters is 1. The number of pyridine rings is 2. The molecular weight excluding hydrogens is 460 g/mol. The first-order valence-electron chi connectivity index (χ1n) is 11.5. The predicted molar refractivity (Wildman–Crippen MR) is 136 cm³/mol. The topological polar surface area (TPSA) is 115 Å². The van der Waals surface area contributed by atoms with Gasteiger partial charge in [0, 0.05) is 23.0 Å². The molecule has 186 valence electrons. The molecule has 3 heterocycles. The Morgan fingerprint density at radius 3 is 2.64 bits per heavy atom. The zero-order chi connectivity index (χ0) is 26.0. The number of aromatic amines is 1. The van der Waals surface area contributed by atoms with Crippen molar-refractivity contribution in [2.45, 2.75) is 33.4 Å². The molecule has 2 N–H and O–H groups in total. The molecule has 1 unspecified atom stereocenters. The molecule has 4 aromatic rings. The van der Waals surface area contributed by atoms with Crippen molar-refractivity contribution in [3.8, 4) is 5.75 Å². The Morgan fingerprint density at radius 1 is 1.14 bits per heavy atom. The van der Waals surface area contributed by atoms with E-state index in [9.17, 15) is 14.4 Å². The maximum Gasteiger partial charge on any atom is 0.337 e. The molecule has 9 heteroatoms. The summed E-state index contributed by atoms with van der Waals surface area (Å²) in [5.41, 5.74) is 3.82. The molecule has 1 amide bonds. The quantitative estimate of drug-likeness (QED) is 0.384. The van der Waals surface area contributed by atoms with Gasteiger partial charge in [-0.2, -0.15) is 0 Å². The number of hydrogen-bond donors (Lipinski definition) is 2. The predicted octanol–water partition coefficient (Wildman–Crippen LogP) is 3.68. The highest BCUT2D eigenvalue weighted by atomic mass is 16.5. The lowest BCUT2D eigenvalue weighted by Crippen LogP contribution is -2.28. The Hall–Kier alpha value is -4.40. The van der Waals surface area contributed by atoms with E-state index >= 15 is 0 Å². The fraction of sp³-hybridized carbons (Fsp3) is 0.259. The largest absolute Gasteiger partial charge is 0.496 e. The van der Waals surface area contributed by atoms with Crippen LogP contribution in [0.15, 0.2) is 53.5 Å². The molecule has 1 atom stereocenters. The average molecular weight is 489 g/mol. The van der Waals surface area contributed by atoms with Crippen molar-refractivity contribution in [3.63, 3.8) is 0 Å². The number of aryl methyl sites for hydroxylation is 1. The van der Waals surface area contributed by atoms with E-state index in [1.807, 2.05) is 30.5 Å². The fourth-order valence-electron chi connectivity index (χ4n) is 4.50. The van der Waals surface area contributed by atoms with Crippen LogP contribution >= 0.6 is 0 Å². The van der Waals surface area contributed by atoms with E-state index in [2.05, 4.69) is 15.3 Å². The second kappa shape index (κ2) is 10.1. The Bertz CT molecular complexity index is 1520. The van der Waals surface area contributed by atoms with Crippen molar-refractivity contribution in [1.29, 1.82) is 0 Å². The second-order valence-electron chi connectivity index (χ2n) is 8.51. The number of aromatic nitrogens is 3. The molecule has 0 aliphatic rings. The number of amides is 1. The number of methoxy groups -OCH3 is 2. The van der Waals surface area contributed by atoms with Gasteiger partial charge in [0.1, 0.15) is 11.4 Å². The van der Waals surface area contributed by atoms with Gasteiger partial charge in [0.05, 0.1) is 43.5 Å². The first-order valence-corrected chi connectivity index (χ1v) is 11.5. The van der Waals surface area contributed by atoms with Crippen LogP contribution in [0.25, 0.3) is 11.0 Å². The molecule has 3 aromatic heterocycles. The van der Waals surface area contributed by atoms with E-state index in [1.165, 1.54) is 14.2 Å². The summed E-state index contributed by atoms with van der Waals surface area (Å²) in [6.45, 7) is 5.60. The van der Waals surface area contributed by atoms with Gasteiger partial charge in [-0.25, -0.2) is 9.78 Å². The van der Waals surface area contributed by atoms with Crippen LogP contribution in [-0.2, 0) is 11.3 Å². The van der Waals surface area contributed by atoms with E-state index in [1.54, 1.807) is 43.5 Å². The minimum Gasteiger partial charge on any atom is -0.496 e. The van der Waals surface area contributed by atoms with Gasteiger partial charge in [0.25, 0.3) is 11.5 Å². The molecule has 1 aromatic carbocycles. The number of carbonyl (C=O) groups excluding carboxylic acids is 2. The Kier molecular flexibility index (Phi) is 6.91. The summed E-state index contributed by atoms with van der Waals surface area (Å²) in [7, 11) is 2.83. The van der Waals surface area contributed by atoms with Crippen molar-refractivity contribution in [2.24, 2.45) is 0 Å². The first-order chi connectivity index (χ1) is 17.3. The van der Waals surface area contributed by atoms with E-state index < -0.39 is 5.97 Å². The first kappa shape index (κ1) is 24.7. The molecule has 0 fully saturated rings. The molecule has 0 spiro atoms. The number of carbonyl (C=O) groups is 2. The lowest BCUT2D eigenvalue weighted by molar-refractivity contribution is 0.0600. The second-order valence-corrected chi connectivity index (χ2v) is 8.51. The highest BCUT2D eigenvalue weighted by Gasteiger charge is 2.24. The third-order valence-corrected chi connectivity index (χ3v) is 6.29. The van der Waals surface area contributed by atoms with Crippen LogP contribution in [0.1, 0.15) is 56.2 Å². The van der Waals surface area contributed by atoms with Crippen molar-refractivity contribution in [3.05, 3.63) is 92.7 Å². The van der Waals surface area contributed by atoms with E-state index in [0.717, 1.165) is 5.56 Å². The van der Waals surface area contributed by atoms with E-state index in [4.69, 9.17) is 9.47 Å². The van der Waals surface area contributed by atoms with Gasteiger partial charge < -0.3 is 24.3 Å². The molecule has 0 aliphatic carbocycles. The molecular formula is C27H28N4O5. The summed E-state index contributed by atoms with van der Waals surface area (Å²) < 4.78 is 12.2. The number of hydrogen-bond acceptors (Lipinski definition) is 6. The highest BCUT2D eigenvalue weighted by molar-refractivity contribution is 6.07. The molecule has 0 bridgehead atoms. The zero-order valence-electron chi connectivity index (χ0n) is 20.8. The number of fused-ring (bicyclic) bond motifs is 1. The number of ether oxygens (including phenoxy) is 2. The van der Waals surface area contributed by atoms with Gasteiger partial charge in [0.15, 0.2) is 0 Å². The van der Waals surface area contributed by atoms with Gasteiger partial charge in [-0.3, -0.25) is 9.59 Å². The molecule has 4 rings (SSSR count). The number of benzene rings is 1. The SMILES string of the molecule is COC(=O)c1cccc(C(C)n2c(C)c(C(=O)NCc3c(OC)cc(C)[nH]c3=O)c3cccnc32)c1. The van der Waals surface area contributed by atoms with Gasteiger partial charge >= 0.3 is 5.97 Å². The molecule has 0 saturated carbocycles. The monoisotopic (exact) mass is 488 g/mol. The standard InChI is InChI=1S/C27H28N4O5/c1-15-12-22(35-4)21(25(32)30-15)14-29-26(33)23-17(3)31(24-20(23)10-7-11-28-24)16(2)18-8-6-9-19(13-18)27(34)36-5/h6-13,16H,14H2,1-5H3,(H,29,33)(H,30,32). The molecule has 9 nitrogen and oxygen atoms in total. The van der Waals surface area contributed by atoms with Gasteiger partial charge in [-0.1, -0.05) is 12.1 Å². The van der Waals surface area contributed by atoms with Crippen molar-refractivity contribution < 1.29 is 19.1 Å². The minimum atomic E-state index is -0.419. The maximum absolute atomic E-state index is 13.4. The summed E-state index contributed by atoms with van der Waals surface area (Å²) in [4.78, 5) is 45.2. The van der Waals surface area contributed by atoms with Crippen molar-refractivity contribution in [1.82, 2.24) is 19.9 Å². The third-order valence-electron chi connectivity index (χ3n) is 6.29. The average Bonchev–Trinajstić information content (AvgIpc) is 3.18. The third kappa shape index (κ3) is 4.47. The van der Waals surface area contributed by atoms with Crippen LogP contribution in [0.3, 0.4) is 0 Å². The Balaban J connectivity index is 1.72. The van der Waals surface area contributed by atoms with Gasteiger partial charge in [-0.15, -0.1) is 0 Å². The zero-order valence-corrected chi connectivity index (χ0v) is 20.8. The molecule has 36 heavy (non-hydrogen) atoms. The Morgan fingerprint density at radius 2 is 1.92 bits per heavy atom. The maximum atomic E-state index is 13.4. The normalized spacial score (nSPS) is 11.8. The van der Waals surface area contributed by atoms with Crippen LogP contribution < -0.4 is 15.6 Å². The van der Waals surface area contributed by atoms with Crippen molar-refractivity contribution >= 4 is 22.9 Å². The van der Waals surface area contributed by atoms with Crippen LogP contribution in [0, 0.1) is 13.8 Å². The summed E-state index contributed by atoms with van der Waals surface area (Å²) in [6, 6.07) is 12.3. The molecule has 0 aliphatic heterocycles. The number of rotatable bonds is 7. The Labute approximate surface area is 208 Å². The van der Waals surface area contributed by atoms with E-state index in [0.29, 0.717) is 44.9 Å². The van der Waals surface area contributed by atoms with E-state index in [-0.39, 0.29) is 24.1 Å². The van der Waals surface area contributed by atoms with Crippen LogP contribution in [0.4, 0.5) is 0 Å². The number of H-pyrrole nitrogens is 1. The van der Waals surface area contributed by atoms with Gasteiger partial charge in [-0.05, 0) is 56.7 Å². The number of nitrogens with one attached hydrogen (secondary N) is 2. The highest BCUT2D eigenvalue weighted by Crippen LogP contribution is 2.31. The summed E-state index contributed by atoms with van der Waals surface area (Å²) in [6.07, 6.45) is 1.67. The molecule has 0 saturated heterocycles. The lowest BCUT2D eigenvalue weighted by Gasteiger charge is -2.18. The van der Waals surface area contributed by atoms with Crippen LogP contribution in [0.5, 0.6) is 5.75 Å². The van der Waals surface area contributed by atoms with Crippen LogP contribution in [0.2, 0.25) is 0 Å². The minimum absolute atomic E-state index is 0.000718. The smallest absolute Gasteiger partial charge is 0.337 e. The van der Waals surface area contributed by atoms with Crippen molar-refractivity contribution in [2.75, 3.05) is 14.2 Å². The van der Waals surface area contributed by atoms with Crippen LogP contribution in [-0.4, -0.2) is 40.6 Å². The lowest BCUT2D eigenvalue weighted by atomic mass is 10.0. The summed E-state index contributed by atoms with van der Waals surface area (Å²) in [5.74, 6) is -0.337. The van der Waals surface area contributed by atoms with Gasteiger partial charge in [0.2, 0.25) is 0 Å². The fourth-order valence-corrected chi connectivity index (χ4v) is 4.50.